The second-order valence-corrected chi connectivity index (χ2v) is 10.2. The lowest BCUT2D eigenvalue weighted by Gasteiger charge is -2.14. The molecule has 0 spiro atoms. The zero-order valence-electron chi connectivity index (χ0n) is 22.1. The number of rotatable bonds is 21. The van der Waals surface area contributed by atoms with Crippen molar-refractivity contribution in [2.24, 2.45) is 0 Å². The normalized spacial score (nSPS) is 11.1. The van der Waals surface area contributed by atoms with Crippen LogP contribution < -0.4 is 0 Å². The maximum absolute atomic E-state index is 10.7. The summed E-state index contributed by atoms with van der Waals surface area (Å²) in [4.78, 5) is 0. The molecule has 1 N–H and O–H groups in total. The highest BCUT2D eigenvalue weighted by Crippen LogP contribution is 2.28. The van der Waals surface area contributed by atoms with Crippen molar-refractivity contribution in [2.45, 2.75) is 143 Å². The topological polar surface area (TPSA) is 29.5 Å². The third kappa shape index (κ3) is 14.7. The molecule has 0 aliphatic rings. The zero-order chi connectivity index (χ0) is 24.2. The number of unbranched alkanes of at least 4 members (excludes halogenated alkanes) is 12. The van der Waals surface area contributed by atoms with Gasteiger partial charge in [0.05, 0.1) is 6.61 Å². The first-order valence-electron chi connectivity index (χ1n) is 14.1. The molecule has 0 atom stereocenters. The van der Waals surface area contributed by atoms with Crippen LogP contribution in [0.3, 0.4) is 0 Å². The SMILES string of the molecule is CCCCCCCCCCCCCOC(=S)CCc1cc(CCCC)c(O)c(CCCC)c1. The molecule has 0 aromatic heterocycles. The fraction of sp³-hybridized carbons (Fsp3) is 0.767. The number of phenols is 1. The second-order valence-electron chi connectivity index (χ2n) is 9.73. The van der Waals surface area contributed by atoms with Gasteiger partial charge in [0.2, 0.25) is 0 Å². The molecule has 0 saturated heterocycles. The van der Waals surface area contributed by atoms with E-state index in [9.17, 15) is 5.11 Å². The van der Waals surface area contributed by atoms with Gasteiger partial charge in [-0.15, -0.1) is 0 Å². The Morgan fingerprint density at radius 1 is 0.667 bits per heavy atom. The van der Waals surface area contributed by atoms with Crippen LogP contribution in [0.5, 0.6) is 5.75 Å². The van der Waals surface area contributed by atoms with Crippen molar-refractivity contribution >= 4 is 17.3 Å². The summed E-state index contributed by atoms with van der Waals surface area (Å²) in [7, 11) is 0. The molecule has 0 radical (unpaired) electrons. The van der Waals surface area contributed by atoms with Gasteiger partial charge in [0.25, 0.3) is 0 Å². The van der Waals surface area contributed by atoms with Crippen LogP contribution in [0.25, 0.3) is 0 Å². The van der Waals surface area contributed by atoms with Crippen LogP contribution in [0.15, 0.2) is 12.1 Å². The minimum Gasteiger partial charge on any atom is -0.507 e. The molecule has 0 amide bonds. The summed E-state index contributed by atoms with van der Waals surface area (Å²) < 4.78 is 5.84. The van der Waals surface area contributed by atoms with Gasteiger partial charge >= 0.3 is 0 Å². The van der Waals surface area contributed by atoms with Crippen LogP contribution in [0.4, 0.5) is 0 Å². The summed E-state index contributed by atoms with van der Waals surface area (Å²) in [5, 5.41) is 11.4. The summed E-state index contributed by atoms with van der Waals surface area (Å²) in [5.74, 6) is 0.524. The van der Waals surface area contributed by atoms with Crippen molar-refractivity contribution in [2.75, 3.05) is 6.61 Å². The van der Waals surface area contributed by atoms with E-state index in [0.29, 0.717) is 5.75 Å². The van der Waals surface area contributed by atoms with E-state index in [1.165, 1.54) is 69.8 Å². The predicted molar refractivity (Wildman–Crippen MR) is 149 cm³/mol. The van der Waals surface area contributed by atoms with E-state index in [4.69, 9.17) is 17.0 Å². The second kappa shape index (κ2) is 20.3. The molecular weight excluding hydrogens is 424 g/mol. The number of hydrogen-bond acceptors (Lipinski definition) is 3. The molecule has 33 heavy (non-hydrogen) atoms. The van der Waals surface area contributed by atoms with E-state index < -0.39 is 0 Å². The van der Waals surface area contributed by atoms with Crippen LogP contribution >= 0.6 is 12.2 Å². The highest BCUT2D eigenvalue weighted by atomic mass is 32.1. The Hall–Kier alpha value is -1.09. The predicted octanol–water partition coefficient (Wildman–Crippen LogP) is 9.66. The molecule has 1 rings (SSSR count). The first kappa shape index (κ1) is 29.9. The Balaban J connectivity index is 2.24. The van der Waals surface area contributed by atoms with Gasteiger partial charge in [0, 0.05) is 6.42 Å². The number of hydrogen-bond donors (Lipinski definition) is 1. The molecule has 0 aliphatic heterocycles. The van der Waals surface area contributed by atoms with Crippen LogP contribution in [-0.2, 0) is 24.0 Å². The standard InChI is InChI=1S/C30H52O2S/c1-4-7-10-11-12-13-14-15-16-17-18-23-32-29(33)22-21-26-24-27(19-8-5-2)30(31)28(25-26)20-9-6-3/h24-25,31H,4-23H2,1-3H3. The van der Waals surface area contributed by atoms with Crippen molar-refractivity contribution in [3.05, 3.63) is 28.8 Å². The minimum absolute atomic E-state index is 0.524. The van der Waals surface area contributed by atoms with E-state index in [1.807, 2.05) is 0 Å². The highest BCUT2D eigenvalue weighted by Gasteiger charge is 2.11. The van der Waals surface area contributed by atoms with Gasteiger partial charge in [-0.25, -0.2) is 0 Å². The average Bonchev–Trinajstić information content (AvgIpc) is 2.82. The molecule has 0 saturated carbocycles. The maximum atomic E-state index is 10.7. The van der Waals surface area contributed by atoms with Crippen LogP contribution in [-0.4, -0.2) is 16.8 Å². The molecule has 1 aromatic carbocycles. The third-order valence-corrected chi connectivity index (χ3v) is 6.88. The average molecular weight is 477 g/mol. The Morgan fingerprint density at radius 2 is 1.12 bits per heavy atom. The van der Waals surface area contributed by atoms with E-state index in [-0.39, 0.29) is 0 Å². The summed E-state index contributed by atoms with van der Waals surface area (Å²) in [6, 6.07) is 4.37. The number of phenolic OH excluding ortho intramolecular Hbond substituents is 1. The lowest BCUT2D eigenvalue weighted by molar-refractivity contribution is 0.292. The van der Waals surface area contributed by atoms with Gasteiger partial charge in [-0.1, -0.05) is 110 Å². The Labute approximate surface area is 210 Å². The monoisotopic (exact) mass is 476 g/mol. The Bertz CT molecular complexity index is 597. The van der Waals surface area contributed by atoms with Crippen LogP contribution in [0, 0.1) is 0 Å². The van der Waals surface area contributed by atoms with Gasteiger partial charge in [-0.2, -0.15) is 0 Å². The molecule has 0 heterocycles. The first-order valence-corrected chi connectivity index (χ1v) is 14.5. The summed E-state index contributed by atoms with van der Waals surface area (Å²) >= 11 is 5.49. The van der Waals surface area contributed by atoms with Gasteiger partial charge in [-0.3, -0.25) is 0 Å². The number of thiocarbonyl (C=S) groups is 1. The maximum Gasteiger partial charge on any atom is 0.159 e. The molecule has 0 aliphatic carbocycles. The first-order chi connectivity index (χ1) is 16.1. The third-order valence-electron chi connectivity index (χ3n) is 6.56. The smallest absolute Gasteiger partial charge is 0.159 e. The highest BCUT2D eigenvalue weighted by molar-refractivity contribution is 7.80. The molecule has 2 nitrogen and oxygen atoms in total. The Kier molecular flexibility index (Phi) is 18.4. The molecule has 0 unspecified atom stereocenters. The van der Waals surface area contributed by atoms with Gasteiger partial charge in [-0.05, 0) is 67.4 Å². The molecule has 0 bridgehead atoms. The molecule has 3 heteroatoms. The molecular formula is C30H52O2S. The van der Waals surface area contributed by atoms with Gasteiger partial charge in [0.15, 0.2) is 5.05 Å². The van der Waals surface area contributed by atoms with Crippen molar-refractivity contribution in [3.8, 4) is 5.75 Å². The van der Waals surface area contributed by atoms with Crippen molar-refractivity contribution in [1.29, 1.82) is 0 Å². The van der Waals surface area contributed by atoms with Crippen LogP contribution in [0.2, 0.25) is 0 Å². The molecule has 0 fully saturated rings. The Morgan fingerprint density at radius 3 is 1.61 bits per heavy atom. The van der Waals surface area contributed by atoms with Gasteiger partial charge < -0.3 is 9.84 Å². The quantitative estimate of drug-likeness (QED) is 0.141. The number of aromatic hydroxyl groups is 1. The van der Waals surface area contributed by atoms with E-state index in [2.05, 4.69) is 32.9 Å². The lowest BCUT2D eigenvalue weighted by atomic mass is 9.95. The van der Waals surface area contributed by atoms with Crippen molar-refractivity contribution in [3.63, 3.8) is 0 Å². The van der Waals surface area contributed by atoms with E-state index >= 15 is 0 Å². The lowest BCUT2D eigenvalue weighted by Crippen LogP contribution is -2.06. The molecule has 190 valence electrons. The number of benzene rings is 1. The summed E-state index contributed by atoms with van der Waals surface area (Å²) in [6.45, 7) is 7.43. The number of ether oxygens (including phenoxy) is 1. The molecule has 1 aromatic rings. The minimum atomic E-state index is 0.524. The summed E-state index contributed by atoms with van der Waals surface area (Å²) in [5.41, 5.74) is 3.49. The van der Waals surface area contributed by atoms with Crippen LogP contribution in [0.1, 0.15) is 140 Å². The van der Waals surface area contributed by atoms with Crippen molar-refractivity contribution < 1.29 is 9.84 Å². The zero-order valence-corrected chi connectivity index (χ0v) is 22.9. The fourth-order valence-electron chi connectivity index (χ4n) is 4.36. The van der Waals surface area contributed by atoms with Gasteiger partial charge in [0.1, 0.15) is 5.75 Å². The fourth-order valence-corrected chi connectivity index (χ4v) is 4.55. The number of aryl methyl sites for hydroxylation is 3. The van der Waals surface area contributed by atoms with E-state index in [0.717, 1.165) is 80.6 Å². The van der Waals surface area contributed by atoms with Crippen molar-refractivity contribution in [1.82, 2.24) is 0 Å². The largest absolute Gasteiger partial charge is 0.507 e. The van der Waals surface area contributed by atoms with E-state index in [1.54, 1.807) is 0 Å². The summed E-state index contributed by atoms with van der Waals surface area (Å²) in [6.07, 6.45) is 22.9.